The summed E-state index contributed by atoms with van der Waals surface area (Å²) in [4.78, 5) is 22.3. The Morgan fingerprint density at radius 3 is 2.50 bits per heavy atom. The lowest BCUT2D eigenvalue weighted by Crippen LogP contribution is -2.16. The number of amides is 1. The van der Waals surface area contributed by atoms with Gasteiger partial charge < -0.3 is 10.1 Å². The van der Waals surface area contributed by atoms with Crippen LogP contribution in [0.3, 0.4) is 0 Å². The highest BCUT2D eigenvalue weighted by atomic mass is 35.5. The van der Waals surface area contributed by atoms with E-state index >= 15 is 0 Å². The molecule has 0 aromatic heterocycles. The topological polar surface area (TPSA) is 63.0 Å². The number of halogens is 1. The minimum atomic E-state index is -0.162. The first-order chi connectivity index (χ1) is 15.5. The molecule has 1 aliphatic rings. The maximum absolute atomic E-state index is 12.6. The number of aryl methyl sites for hydroxylation is 1. The molecule has 5 nitrogen and oxygen atoms in total. The van der Waals surface area contributed by atoms with Gasteiger partial charge in [0.25, 0.3) is 0 Å². The molecule has 0 aliphatic carbocycles. The molecule has 1 N–H and O–H groups in total. The van der Waals surface area contributed by atoms with Crippen molar-refractivity contribution >= 4 is 57.1 Å². The molecule has 3 aromatic carbocycles. The van der Waals surface area contributed by atoms with Crippen molar-refractivity contribution in [1.82, 2.24) is 0 Å². The van der Waals surface area contributed by atoms with Gasteiger partial charge in [-0.2, -0.15) is 0 Å². The van der Waals surface area contributed by atoms with Gasteiger partial charge in [-0.3, -0.25) is 9.79 Å². The van der Waals surface area contributed by atoms with E-state index < -0.39 is 0 Å². The van der Waals surface area contributed by atoms with Gasteiger partial charge in [0, 0.05) is 11.4 Å². The third-order valence-electron chi connectivity index (χ3n) is 4.89. The van der Waals surface area contributed by atoms with Crippen LogP contribution in [0.5, 0.6) is 5.75 Å². The van der Waals surface area contributed by atoms with Crippen LogP contribution in [0.4, 0.5) is 17.1 Å². The van der Waals surface area contributed by atoms with Crippen LogP contribution < -0.4 is 10.1 Å². The number of benzene rings is 3. The maximum Gasteiger partial charge on any atom is 0.234 e. The summed E-state index contributed by atoms with van der Waals surface area (Å²) in [6, 6.07) is 21.2. The normalized spacial score (nSPS) is 12.8. The number of hydrogen-bond donors (Lipinski definition) is 1. The van der Waals surface area contributed by atoms with Crippen LogP contribution in [-0.2, 0) is 4.79 Å². The molecule has 0 atom stereocenters. The highest BCUT2D eigenvalue weighted by Crippen LogP contribution is 2.33. The molecular formula is C25H22ClN3O2S. The number of thioether (sulfide) groups is 1. The summed E-state index contributed by atoms with van der Waals surface area (Å²) < 4.78 is 5.30. The third-order valence-corrected chi connectivity index (χ3v) is 6.10. The van der Waals surface area contributed by atoms with Crippen LogP contribution >= 0.6 is 23.4 Å². The van der Waals surface area contributed by atoms with Crippen LogP contribution in [0.15, 0.2) is 76.7 Å². The highest BCUT2D eigenvalue weighted by Gasteiger charge is 2.17. The fourth-order valence-electron chi connectivity index (χ4n) is 3.26. The fraction of sp³-hybridized carbons (Fsp3) is 0.160. The van der Waals surface area contributed by atoms with E-state index in [0.717, 1.165) is 27.7 Å². The van der Waals surface area contributed by atoms with E-state index in [1.165, 1.54) is 17.3 Å². The van der Waals surface area contributed by atoms with E-state index in [4.69, 9.17) is 26.3 Å². The molecule has 0 fully saturated rings. The summed E-state index contributed by atoms with van der Waals surface area (Å²) >= 11 is 7.47. The molecule has 0 unspecified atom stereocenters. The van der Waals surface area contributed by atoms with Gasteiger partial charge >= 0.3 is 0 Å². The first kappa shape index (κ1) is 22.1. The first-order valence-electron chi connectivity index (χ1n) is 10.1. The standard InChI is InChI=1S/C25H22ClN3O2S/c1-16-7-9-17(10-8-16)21-14-25(29-20-6-4-3-5-19(20)27-21)32-15-24(30)28-22-13-18(26)11-12-23(22)31-2/h3-13H,14-15H2,1-2H3,(H,28,30). The van der Waals surface area contributed by atoms with Gasteiger partial charge in [-0.25, -0.2) is 4.99 Å². The molecule has 0 radical (unpaired) electrons. The highest BCUT2D eigenvalue weighted by molar-refractivity contribution is 8.14. The number of fused-ring (bicyclic) bond motifs is 1. The Labute approximate surface area is 196 Å². The number of hydrogen-bond acceptors (Lipinski definition) is 5. The van der Waals surface area contributed by atoms with Crippen LogP contribution in [-0.4, -0.2) is 29.5 Å². The second-order valence-electron chi connectivity index (χ2n) is 7.28. The zero-order chi connectivity index (χ0) is 22.5. The molecule has 32 heavy (non-hydrogen) atoms. The Hall–Kier alpha value is -3.09. The monoisotopic (exact) mass is 463 g/mol. The average Bonchev–Trinajstić information content (AvgIpc) is 2.98. The molecule has 162 valence electrons. The Bertz CT molecular complexity index is 1210. The van der Waals surface area contributed by atoms with E-state index in [9.17, 15) is 4.79 Å². The summed E-state index contributed by atoms with van der Waals surface area (Å²) in [6.07, 6.45) is 0.552. The van der Waals surface area contributed by atoms with Gasteiger partial charge in [0.15, 0.2) is 0 Å². The second-order valence-corrected chi connectivity index (χ2v) is 8.76. The average molecular weight is 464 g/mol. The molecule has 0 bridgehead atoms. The van der Waals surface area contributed by atoms with Crippen molar-refractivity contribution in [3.8, 4) is 5.75 Å². The van der Waals surface area contributed by atoms with Crippen LogP contribution in [0.1, 0.15) is 17.5 Å². The summed E-state index contributed by atoms with van der Waals surface area (Å²) in [5, 5.41) is 4.23. The van der Waals surface area contributed by atoms with Crippen molar-refractivity contribution in [2.75, 3.05) is 18.2 Å². The van der Waals surface area contributed by atoms with E-state index in [1.807, 2.05) is 24.3 Å². The van der Waals surface area contributed by atoms with Crippen molar-refractivity contribution in [2.24, 2.45) is 9.98 Å². The van der Waals surface area contributed by atoms with Crippen LogP contribution in [0.25, 0.3) is 0 Å². The number of carbonyl (C=O) groups is 1. The Kier molecular flexibility index (Phi) is 6.93. The van der Waals surface area contributed by atoms with Gasteiger partial charge in [-0.15, -0.1) is 11.8 Å². The predicted octanol–water partition coefficient (Wildman–Crippen LogP) is 6.58. The molecule has 0 saturated heterocycles. The molecule has 1 heterocycles. The number of para-hydroxylation sites is 2. The van der Waals surface area contributed by atoms with Crippen molar-refractivity contribution in [3.63, 3.8) is 0 Å². The van der Waals surface area contributed by atoms with Gasteiger partial charge in [-0.05, 0) is 42.8 Å². The van der Waals surface area contributed by atoms with Gasteiger partial charge in [0.2, 0.25) is 5.91 Å². The lowest BCUT2D eigenvalue weighted by Gasteiger charge is -2.11. The smallest absolute Gasteiger partial charge is 0.234 e. The fourth-order valence-corrected chi connectivity index (χ4v) is 4.21. The van der Waals surface area contributed by atoms with E-state index in [1.54, 1.807) is 25.3 Å². The van der Waals surface area contributed by atoms with Crippen molar-refractivity contribution in [3.05, 3.63) is 82.9 Å². The number of ether oxygens (including phenoxy) is 1. The molecule has 4 rings (SSSR count). The van der Waals surface area contributed by atoms with E-state index in [-0.39, 0.29) is 11.7 Å². The van der Waals surface area contributed by atoms with E-state index in [0.29, 0.717) is 22.9 Å². The zero-order valence-electron chi connectivity index (χ0n) is 17.8. The number of aliphatic imine (C=N–C) groups is 2. The molecular weight excluding hydrogens is 442 g/mol. The van der Waals surface area contributed by atoms with Crippen LogP contribution in [0, 0.1) is 6.92 Å². The lowest BCUT2D eigenvalue weighted by atomic mass is 10.1. The molecule has 0 saturated carbocycles. The van der Waals surface area contributed by atoms with Crippen molar-refractivity contribution < 1.29 is 9.53 Å². The second kappa shape index (κ2) is 10.0. The zero-order valence-corrected chi connectivity index (χ0v) is 19.3. The number of methoxy groups -OCH3 is 1. The molecule has 1 aliphatic heterocycles. The summed E-state index contributed by atoms with van der Waals surface area (Å²) in [5.41, 5.74) is 5.34. The molecule has 7 heteroatoms. The number of anilines is 1. The van der Waals surface area contributed by atoms with Gasteiger partial charge in [-0.1, -0.05) is 53.6 Å². The molecule has 0 spiro atoms. The minimum Gasteiger partial charge on any atom is -0.495 e. The summed E-state index contributed by atoms with van der Waals surface area (Å²) in [7, 11) is 1.55. The van der Waals surface area contributed by atoms with Crippen LogP contribution in [0.2, 0.25) is 5.02 Å². The molecule has 3 aromatic rings. The first-order valence-corrected chi connectivity index (χ1v) is 11.5. The Balaban J connectivity index is 1.52. The summed E-state index contributed by atoms with van der Waals surface area (Å²) in [5.74, 6) is 0.601. The maximum atomic E-state index is 12.6. The predicted molar refractivity (Wildman–Crippen MR) is 135 cm³/mol. The number of rotatable bonds is 5. The van der Waals surface area contributed by atoms with Crippen molar-refractivity contribution in [1.29, 1.82) is 0 Å². The Morgan fingerprint density at radius 1 is 1.06 bits per heavy atom. The minimum absolute atomic E-state index is 0.162. The number of nitrogens with one attached hydrogen (secondary N) is 1. The van der Waals surface area contributed by atoms with Gasteiger partial charge in [0.05, 0.1) is 40.7 Å². The summed E-state index contributed by atoms with van der Waals surface area (Å²) in [6.45, 7) is 2.06. The number of nitrogens with zero attached hydrogens (tertiary/aromatic N) is 2. The Morgan fingerprint density at radius 2 is 1.78 bits per heavy atom. The molecule has 1 amide bonds. The van der Waals surface area contributed by atoms with E-state index in [2.05, 4.69) is 36.5 Å². The van der Waals surface area contributed by atoms with Gasteiger partial charge in [0.1, 0.15) is 5.75 Å². The third kappa shape index (κ3) is 5.39. The SMILES string of the molecule is COc1ccc(Cl)cc1NC(=O)CSC1=Nc2ccccc2N=C(c2ccc(C)cc2)C1. The quantitative estimate of drug-likeness (QED) is 0.464. The largest absolute Gasteiger partial charge is 0.495 e. The lowest BCUT2D eigenvalue weighted by molar-refractivity contribution is -0.113. The number of carbonyl (C=O) groups excluding carboxylic acids is 1. The van der Waals surface area contributed by atoms with Crippen molar-refractivity contribution in [2.45, 2.75) is 13.3 Å².